The van der Waals surface area contributed by atoms with Crippen molar-refractivity contribution < 1.29 is 13.6 Å². The molecule has 0 aliphatic carbocycles. The third kappa shape index (κ3) is 4.33. The van der Waals surface area contributed by atoms with Crippen molar-refractivity contribution in [1.82, 2.24) is 9.88 Å². The Bertz CT molecular complexity index is 1160. The van der Waals surface area contributed by atoms with Crippen LogP contribution in [0, 0.1) is 18.2 Å². The number of oxazole rings is 1. The van der Waals surface area contributed by atoms with Gasteiger partial charge < -0.3 is 14.7 Å². The van der Waals surface area contributed by atoms with Gasteiger partial charge in [-0.15, -0.1) is 0 Å². The second kappa shape index (κ2) is 8.67. The predicted molar refractivity (Wildman–Crippen MR) is 119 cm³/mol. The number of piperidine rings is 1. The van der Waals surface area contributed by atoms with Crippen LogP contribution in [-0.2, 0) is 0 Å². The summed E-state index contributed by atoms with van der Waals surface area (Å²) in [5, 5.41) is 11.0. The molecular formula is C23H24FN5O2. The fourth-order valence-corrected chi connectivity index (χ4v) is 3.92. The van der Waals surface area contributed by atoms with Crippen LogP contribution in [0.1, 0.15) is 47.5 Å². The fraction of sp³-hybridized carbons (Fsp3) is 0.304. The number of nitrogens with one attached hydrogen (secondary N) is 2. The molecule has 2 heterocycles. The van der Waals surface area contributed by atoms with Crippen LogP contribution in [0.2, 0.25) is 0 Å². The van der Waals surface area contributed by atoms with Gasteiger partial charge in [-0.05, 0) is 51.0 Å². The minimum Gasteiger partial charge on any atom is -0.440 e. The van der Waals surface area contributed by atoms with Gasteiger partial charge >= 0.3 is 0 Å². The maximum Gasteiger partial charge on any atom is 0.256 e. The summed E-state index contributed by atoms with van der Waals surface area (Å²) in [6, 6.07) is 9.89. The molecule has 0 saturated carbocycles. The molecule has 1 saturated heterocycles. The molecule has 0 spiro atoms. The molecule has 2 N–H and O–H groups in total. The van der Waals surface area contributed by atoms with E-state index in [4.69, 9.17) is 9.83 Å². The van der Waals surface area contributed by atoms with Crippen LogP contribution in [0.5, 0.6) is 0 Å². The average molecular weight is 421 g/mol. The first kappa shape index (κ1) is 20.7. The van der Waals surface area contributed by atoms with E-state index in [1.807, 2.05) is 36.9 Å². The van der Waals surface area contributed by atoms with Crippen molar-refractivity contribution in [3.05, 3.63) is 59.2 Å². The lowest BCUT2D eigenvalue weighted by molar-refractivity contribution is 0.0599. The molecule has 3 aromatic rings. The largest absolute Gasteiger partial charge is 0.440 e. The molecule has 1 aliphatic rings. The Balaban J connectivity index is 1.61. The third-order valence-electron chi connectivity index (χ3n) is 5.60. The Hall–Kier alpha value is -3.55. The zero-order valence-electron chi connectivity index (χ0n) is 17.4. The molecule has 0 unspecified atom stereocenters. The highest BCUT2D eigenvalue weighted by Crippen LogP contribution is 2.33. The number of amides is 1. The molecule has 4 rings (SSSR count). The van der Waals surface area contributed by atoms with Gasteiger partial charge in [-0.2, -0.15) is 5.10 Å². The molecule has 2 aromatic carbocycles. The summed E-state index contributed by atoms with van der Waals surface area (Å²) in [6.45, 7) is 4.43. The van der Waals surface area contributed by atoms with Gasteiger partial charge in [0.2, 0.25) is 0 Å². The first-order chi connectivity index (χ1) is 15.0. The van der Waals surface area contributed by atoms with Gasteiger partial charge in [0.25, 0.3) is 5.91 Å². The summed E-state index contributed by atoms with van der Waals surface area (Å²) in [6.07, 6.45) is 4.02. The van der Waals surface area contributed by atoms with Crippen molar-refractivity contribution in [3.63, 3.8) is 0 Å². The quantitative estimate of drug-likeness (QED) is 0.460. The monoisotopic (exact) mass is 421 g/mol. The highest BCUT2D eigenvalue weighted by atomic mass is 19.1. The van der Waals surface area contributed by atoms with E-state index in [1.54, 1.807) is 6.07 Å². The molecule has 0 radical (unpaired) electrons. The summed E-state index contributed by atoms with van der Waals surface area (Å²) < 4.78 is 19.4. The number of anilines is 1. The van der Waals surface area contributed by atoms with Crippen LogP contribution in [0.4, 0.5) is 10.1 Å². The van der Waals surface area contributed by atoms with Crippen LogP contribution >= 0.6 is 0 Å². The van der Waals surface area contributed by atoms with Gasteiger partial charge in [0.15, 0.2) is 11.5 Å². The summed E-state index contributed by atoms with van der Waals surface area (Å²) in [7, 11) is 0. The summed E-state index contributed by atoms with van der Waals surface area (Å²) >= 11 is 0. The Kier molecular flexibility index (Phi) is 5.79. The first-order valence-electron chi connectivity index (χ1n) is 10.2. The number of rotatable bonds is 5. The first-order valence-corrected chi connectivity index (χ1v) is 10.2. The molecule has 7 nitrogen and oxygen atoms in total. The number of halogens is 1. The van der Waals surface area contributed by atoms with Gasteiger partial charge in [-0.25, -0.2) is 9.37 Å². The molecule has 1 fully saturated rings. The SMILES string of the molecule is Cc1ccc(N/N=C\C=N)c(C(=O)N2C[C@H](c3nc4cc(F)ccc4o3)CC[C@H]2C)c1. The van der Waals surface area contributed by atoms with E-state index in [-0.39, 0.29) is 23.7 Å². The van der Waals surface area contributed by atoms with Gasteiger partial charge in [0.1, 0.15) is 11.3 Å². The molecule has 0 bridgehead atoms. The smallest absolute Gasteiger partial charge is 0.256 e. The van der Waals surface area contributed by atoms with Crippen molar-refractivity contribution >= 4 is 35.1 Å². The molecule has 8 heteroatoms. The number of hydrogen-bond donors (Lipinski definition) is 2. The fourth-order valence-electron chi connectivity index (χ4n) is 3.92. The van der Waals surface area contributed by atoms with E-state index < -0.39 is 0 Å². The summed E-state index contributed by atoms with van der Waals surface area (Å²) in [4.78, 5) is 19.8. The number of benzene rings is 2. The van der Waals surface area contributed by atoms with E-state index in [1.165, 1.54) is 18.3 Å². The van der Waals surface area contributed by atoms with E-state index in [2.05, 4.69) is 15.5 Å². The summed E-state index contributed by atoms with van der Waals surface area (Å²) in [5.41, 5.74) is 5.95. The van der Waals surface area contributed by atoms with Crippen LogP contribution in [-0.4, -0.2) is 40.8 Å². The lowest BCUT2D eigenvalue weighted by atomic mass is 9.92. The lowest BCUT2D eigenvalue weighted by Crippen LogP contribution is -2.45. The number of aryl methyl sites for hydroxylation is 1. The van der Waals surface area contributed by atoms with E-state index in [0.717, 1.165) is 24.6 Å². The van der Waals surface area contributed by atoms with Crippen molar-refractivity contribution in [2.45, 2.75) is 38.6 Å². The van der Waals surface area contributed by atoms with Crippen LogP contribution in [0.15, 0.2) is 45.9 Å². The topological polar surface area (TPSA) is 94.6 Å². The normalized spacial score (nSPS) is 19.1. The third-order valence-corrected chi connectivity index (χ3v) is 5.60. The maximum absolute atomic E-state index is 13.5. The number of hydrogen-bond acceptors (Lipinski definition) is 6. The number of aromatic nitrogens is 1. The zero-order valence-corrected chi connectivity index (χ0v) is 17.4. The number of likely N-dealkylation sites (tertiary alicyclic amines) is 1. The van der Waals surface area contributed by atoms with Crippen molar-refractivity contribution in [2.75, 3.05) is 12.0 Å². The van der Waals surface area contributed by atoms with Crippen molar-refractivity contribution in [1.29, 1.82) is 5.41 Å². The van der Waals surface area contributed by atoms with Gasteiger partial charge in [-0.3, -0.25) is 10.2 Å². The van der Waals surface area contributed by atoms with Crippen molar-refractivity contribution in [3.8, 4) is 0 Å². The minimum atomic E-state index is -0.355. The number of carbonyl (C=O) groups excluding carboxylic acids is 1. The van der Waals surface area contributed by atoms with Gasteiger partial charge in [0, 0.05) is 24.9 Å². The highest BCUT2D eigenvalue weighted by Gasteiger charge is 2.33. The predicted octanol–water partition coefficient (Wildman–Crippen LogP) is 4.73. The van der Waals surface area contributed by atoms with Crippen LogP contribution in [0.3, 0.4) is 0 Å². The molecule has 160 valence electrons. The zero-order chi connectivity index (χ0) is 22.0. The molecule has 31 heavy (non-hydrogen) atoms. The average Bonchev–Trinajstić information content (AvgIpc) is 3.18. The Morgan fingerprint density at radius 2 is 2.16 bits per heavy atom. The molecule has 1 aliphatic heterocycles. The second-order valence-electron chi connectivity index (χ2n) is 7.85. The molecule has 1 amide bonds. The maximum atomic E-state index is 13.5. The molecule has 2 atom stereocenters. The van der Waals surface area contributed by atoms with Gasteiger partial charge in [-0.1, -0.05) is 11.6 Å². The van der Waals surface area contributed by atoms with Gasteiger partial charge in [0.05, 0.1) is 23.4 Å². The highest BCUT2D eigenvalue weighted by molar-refractivity contribution is 6.14. The minimum absolute atomic E-state index is 0.0593. The number of hydrazone groups is 1. The van der Waals surface area contributed by atoms with Crippen LogP contribution in [0.25, 0.3) is 11.1 Å². The summed E-state index contributed by atoms with van der Waals surface area (Å²) in [5.74, 6) is 0.0124. The second-order valence-corrected chi connectivity index (χ2v) is 7.85. The Labute approximate surface area is 179 Å². The number of nitrogens with zero attached hydrogens (tertiary/aromatic N) is 3. The van der Waals surface area contributed by atoms with E-state index in [0.29, 0.717) is 34.8 Å². The Morgan fingerprint density at radius 3 is 2.97 bits per heavy atom. The molecular weight excluding hydrogens is 397 g/mol. The van der Waals surface area contributed by atoms with E-state index >= 15 is 0 Å². The van der Waals surface area contributed by atoms with E-state index in [9.17, 15) is 9.18 Å². The number of fused-ring (bicyclic) bond motifs is 1. The lowest BCUT2D eigenvalue weighted by Gasteiger charge is -2.37. The Morgan fingerprint density at radius 1 is 1.32 bits per heavy atom. The standard InChI is InChI=1S/C23H24FN5O2/c1-14-3-7-19(28-26-10-9-25)18(11-14)23(30)29-13-16(5-4-15(29)2)22-27-20-12-17(24)6-8-21(20)31-22/h3,6-12,15-16,25,28H,4-5,13H2,1-2H3/b25-9?,26-10-/t15-,16-/m1/s1. The van der Waals surface area contributed by atoms with Crippen molar-refractivity contribution in [2.24, 2.45) is 5.10 Å². The molecule has 1 aromatic heterocycles. The number of carbonyl (C=O) groups is 1. The van der Waals surface area contributed by atoms with Crippen LogP contribution < -0.4 is 5.43 Å².